The molecule has 0 spiro atoms. The van der Waals surface area contributed by atoms with Crippen LogP contribution >= 0.6 is 0 Å². The van der Waals surface area contributed by atoms with Crippen LogP contribution in [-0.4, -0.2) is 24.3 Å². The summed E-state index contributed by atoms with van der Waals surface area (Å²) in [4.78, 5) is 19.9. The zero-order valence-electron chi connectivity index (χ0n) is 5.81. The van der Waals surface area contributed by atoms with Gasteiger partial charge in [-0.25, -0.2) is 9.59 Å². The molecular weight excluding hydrogens is 184 g/mol. The molecule has 0 heterocycles. The Bertz CT molecular complexity index is 195. The van der Waals surface area contributed by atoms with Gasteiger partial charge < -0.3 is 4.74 Å². The van der Waals surface area contributed by atoms with Gasteiger partial charge in [0.1, 0.15) is 0 Å². The maximum absolute atomic E-state index is 11.9. The van der Waals surface area contributed by atoms with Crippen LogP contribution in [0.1, 0.15) is 6.92 Å². The van der Waals surface area contributed by atoms with Crippen molar-refractivity contribution in [2.45, 2.75) is 19.3 Å². The molecule has 0 amide bonds. The lowest BCUT2D eigenvalue weighted by atomic mass is 10.4. The van der Waals surface area contributed by atoms with E-state index < -0.39 is 24.3 Å². The third-order valence-electron chi connectivity index (χ3n) is 0.730. The second kappa shape index (κ2) is 3.51. The highest BCUT2D eigenvalue weighted by atomic mass is 19.3. The fraction of sp³-hybridized carbons (Fsp3) is 0.600. The number of halogens is 4. The summed E-state index contributed by atoms with van der Waals surface area (Å²) >= 11 is 0. The molecule has 0 aliphatic carbocycles. The van der Waals surface area contributed by atoms with Crippen LogP contribution in [0, 0.1) is 0 Å². The van der Waals surface area contributed by atoms with Crippen molar-refractivity contribution in [2.75, 3.05) is 0 Å². The lowest BCUT2D eigenvalue weighted by molar-refractivity contribution is -0.182. The minimum absolute atomic E-state index is 0.133. The second-order valence-corrected chi connectivity index (χ2v) is 1.90. The fourth-order valence-electron chi connectivity index (χ4n) is 0.226. The van der Waals surface area contributed by atoms with Crippen molar-refractivity contribution in [3.8, 4) is 0 Å². The molecule has 7 heteroatoms. The molecule has 3 nitrogen and oxygen atoms in total. The largest absolute Gasteiger partial charge is 0.384 e. The Labute approximate surface area is 64.3 Å². The first kappa shape index (κ1) is 10.9. The van der Waals surface area contributed by atoms with Crippen LogP contribution in [0.3, 0.4) is 0 Å². The third kappa shape index (κ3) is 3.31. The van der Waals surface area contributed by atoms with E-state index in [-0.39, 0.29) is 6.92 Å². The predicted molar refractivity (Wildman–Crippen MR) is 27.7 cm³/mol. The van der Waals surface area contributed by atoms with Gasteiger partial charge in [-0.15, -0.1) is 0 Å². The molecule has 0 aromatic rings. The fourth-order valence-corrected chi connectivity index (χ4v) is 0.226. The van der Waals surface area contributed by atoms with Crippen LogP contribution in [0.15, 0.2) is 0 Å². The number of rotatable bonds is 2. The van der Waals surface area contributed by atoms with Crippen molar-refractivity contribution in [3.05, 3.63) is 0 Å². The SMILES string of the molecule is CC(F)(F)C(=O)OC(=O)C(F)F. The number of ether oxygens (including phenoxy) is 1. The van der Waals surface area contributed by atoms with Gasteiger partial charge in [-0.1, -0.05) is 0 Å². The van der Waals surface area contributed by atoms with Gasteiger partial charge in [0.25, 0.3) is 0 Å². The van der Waals surface area contributed by atoms with Gasteiger partial charge in [0.2, 0.25) is 0 Å². The summed E-state index contributed by atoms with van der Waals surface area (Å²) in [6.07, 6.45) is -3.59. The maximum atomic E-state index is 11.9. The summed E-state index contributed by atoms with van der Waals surface area (Å²) in [7, 11) is 0. The van der Waals surface area contributed by atoms with Gasteiger partial charge in [0.05, 0.1) is 0 Å². The van der Waals surface area contributed by atoms with Crippen molar-refractivity contribution in [2.24, 2.45) is 0 Å². The summed E-state index contributed by atoms with van der Waals surface area (Å²) in [5.41, 5.74) is 0. The number of carbonyl (C=O) groups is 2. The van der Waals surface area contributed by atoms with Gasteiger partial charge in [-0.3, -0.25) is 0 Å². The first-order valence-electron chi connectivity index (χ1n) is 2.67. The highest BCUT2D eigenvalue weighted by Gasteiger charge is 2.37. The quantitative estimate of drug-likeness (QED) is 0.368. The minimum atomic E-state index is -3.94. The first-order valence-corrected chi connectivity index (χ1v) is 2.67. The number of alkyl halides is 4. The van der Waals surface area contributed by atoms with Crippen LogP contribution in [0.5, 0.6) is 0 Å². The summed E-state index contributed by atoms with van der Waals surface area (Å²) in [6, 6.07) is 0. The lowest BCUT2D eigenvalue weighted by Crippen LogP contribution is -2.31. The molecule has 0 rings (SSSR count). The van der Waals surface area contributed by atoms with Gasteiger partial charge in [-0.2, -0.15) is 17.6 Å². The van der Waals surface area contributed by atoms with Gasteiger partial charge in [-0.05, 0) is 0 Å². The monoisotopic (exact) mass is 188 g/mol. The van der Waals surface area contributed by atoms with E-state index in [4.69, 9.17) is 0 Å². The molecule has 0 aromatic heterocycles. The van der Waals surface area contributed by atoms with Gasteiger partial charge >= 0.3 is 24.3 Å². The topological polar surface area (TPSA) is 43.4 Å². The van der Waals surface area contributed by atoms with Gasteiger partial charge in [0.15, 0.2) is 0 Å². The molecule has 0 radical (unpaired) electrons. The Morgan fingerprint density at radius 1 is 1.33 bits per heavy atom. The molecule has 0 bridgehead atoms. The average Bonchev–Trinajstić information content (AvgIpc) is 1.85. The smallest absolute Gasteiger partial charge is 0.384 e. The maximum Gasteiger partial charge on any atom is 0.384 e. The minimum Gasteiger partial charge on any atom is -0.384 e. The van der Waals surface area contributed by atoms with Crippen molar-refractivity contribution < 1.29 is 31.9 Å². The van der Waals surface area contributed by atoms with E-state index in [2.05, 4.69) is 4.74 Å². The molecule has 0 N–H and O–H groups in total. The van der Waals surface area contributed by atoms with Crippen molar-refractivity contribution in [1.29, 1.82) is 0 Å². The average molecular weight is 188 g/mol. The molecule has 0 fully saturated rings. The second-order valence-electron chi connectivity index (χ2n) is 1.90. The lowest BCUT2D eigenvalue weighted by Gasteiger charge is -2.07. The number of carbonyl (C=O) groups excluding carboxylic acids is 2. The molecule has 0 atom stereocenters. The van der Waals surface area contributed by atoms with Crippen molar-refractivity contribution >= 4 is 11.9 Å². The molecule has 0 unspecified atom stereocenters. The van der Waals surface area contributed by atoms with E-state index in [0.717, 1.165) is 0 Å². The van der Waals surface area contributed by atoms with Gasteiger partial charge in [0, 0.05) is 6.92 Å². The van der Waals surface area contributed by atoms with E-state index >= 15 is 0 Å². The molecule has 0 aliphatic rings. The van der Waals surface area contributed by atoms with E-state index in [9.17, 15) is 27.2 Å². The number of hydrogen-bond acceptors (Lipinski definition) is 3. The Kier molecular flexibility index (Phi) is 3.17. The molecular formula is C5H4F4O3. The molecule has 0 saturated heterocycles. The van der Waals surface area contributed by atoms with Crippen LogP contribution in [0.2, 0.25) is 0 Å². The van der Waals surface area contributed by atoms with Crippen LogP contribution in [0.4, 0.5) is 17.6 Å². The molecule has 0 aromatic carbocycles. The van der Waals surface area contributed by atoms with E-state index in [1.165, 1.54) is 0 Å². The molecule has 70 valence electrons. The molecule has 0 saturated carbocycles. The summed E-state index contributed by atoms with van der Waals surface area (Å²) in [5, 5.41) is 0. The standard InChI is InChI=1S/C5H4F4O3/c1-5(8,9)4(11)12-3(10)2(6)7/h2H,1H3. The third-order valence-corrected chi connectivity index (χ3v) is 0.730. The van der Waals surface area contributed by atoms with Crippen LogP contribution < -0.4 is 0 Å². The van der Waals surface area contributed by atoms with E-state index in [0.29, 0.717) is 0 Å². The van der Waals surface area contributed by atoms with E-state index in [1.807, 2.05) is 0 Å². The highest BCUT2D eigenvalue weighted by Crippen LogP contribution is 2.14. The Hall–Kier alpha value is -1.14. The van der Waals surface area contributed by atoms with E-state index in [1.54, 1.807) is 0 Å². The Balaban J connectivity index is 4.12. The normalized spacial score (nSPS) is 11.5. The highest BCUT2D eigenvalue weighted by molar-refractivity contribution is 5.90. The summed E-state index contributed by atoms with van der Waals surface area (Å²) < 4.78 is 49.4. The number of hydrogen-bond donors (Lipinski definition) is 0. The molecule has 0 aliphatic heterocycles. The van der Waals surface area contributed by atoms with Crippen molar-refractivity contribution in [3.63, 3.8) is 0 Å². The molecule has 12 heavy (non-hydrogen) atoms. The Morgan fingerprint density at radius 3 is 2.00 bits per heavy atom. The first-order chi connectivity index (χ1) is 5.25. The zero-order valence-corrected chi connectivity index (χ0v) is 5.81. The van der Waals surface area contributed by atoms with Crippen LogP contribution in [0.25, 0.3) is 0 Å². The van der Waals surface area contributed by atoms with Crippen LogP contribution in [-0.2, 0) is 14.3 Å². The predicted octanol–water partition coefficient (Wildman–Crippen LogP) is 0.977. The summed E-state index contributed by atoms with van der Waals surface area (Å²) in [5.74, 6) is -8.50. The van der Waals surface area contributed by atoms with Crippen molar-refractivity contribution in [1.82, 2.24) is 0 Å². The Morgan fingerprint density at radius 2 is 1.75 bits per heavy atom. The zero-order chi connectivity index (χ0) is 9.94. The summed E-state index contributed by atoms with van der Waals surface area (Å²) in [6.45, 7) is 0.133. The number of esters is 2.